The Morgan fingerprint density at radius 3 is 2.57 bits per heavy atom. The van der Waals surface area contributed by atoms with Gasteiger partial charge in [0.2, 0.25) is 11.8 Å². The number of benzene rings is 2. The summed E-state index contributed by atoms with van der Waals surface area (Å²) in [6.07, 6.45) is -0.0551. The monoisotopic (exact) mass is 426 g/mol. The van der Waals surface area contributed by atoms with E-state index in [0.717, 1.165) is 11.8 Å². The molecular weight excluding hydrogens is 407 g/mol. The van der Waals surface area contributed by atoms with Gasteiger partial charge in [-0.1, -0.05) is 36.0 Å². The minimum atomic E-state index is -0.638. The quantitative estimate of drug-likeness (QED) is 0.420. The number of nitrogens with zero attached hydrogens (tertiary/aromatic N) is 2. The summed E-state index contributed by atoms with van der Waals surface area (Å²) in [7, 11) is 0. The minimum absolute atomic E-state index is 0.0551. The number of hydrogen-bond donors (Lipinski definition) is 2. The van der Waals surface area contributed by atoms with Crippen LogP contribution < -0.4 is 10.6 Å². The highest BCUT2D eigenvalue weighted by Crippen LogP contribution is 2.23. The molecule has 1 fully saturated rings. The fourth-order valence-electron chi connectivity index (χ4n) is 2.65. The van der Waals surface area contributed by atoms with Crippen LogP contribution >= 0.6 is 11.8 Å². The van der Waals surface area contributed by atoms with Crippen LogP contribution in [0.1, 0.15) is 36.2 Å². The highest BCUT2D eigenvalue weighted by atomic mass is 32.2. The molecule has 1 saturated heterocycles. The van der Waals surface area contributed by atoms with Crippen molar-refractivity contribution in [2.45, 2.75) is 25.5 Å². The molecule has 0 aliphatic carbocycles. The first-order chi connectivity index (χ1) is 14.3. The maximum atomic E-state index is 13.0. The Hall–Kier alpha value is -3.33. The van der Waals surface area contributed by atoms with Gasteiger partial charge in [-0.2, -0.15) is 5.10 Å². The maximum absolute atomic E-state index is 13.0. The number of rotatable bonds is 6. The molecule has 0 radical (unpaired) electrons. The zero-order chi connectivity index (χ0) is 21.7. The summed E-state index contributed by atoms with van der Waals surface area (Å²) in [5.74, 6) is -1.13. The second-order valence-electron chi connectivity index (χ2n) is 6.58. The molecule has 7 nitrogen and oxygen atoms in total. The number of anilines is 1. The highest BCUT2D eigenvalue weighted by Gasteiger charge is 2.32. The van der Waals surface area contributed by atoms with E-state index in [2.05, 4.69) is 20.8 Å². The van der Waals surface area contributed by atoms with Crippen LogP contribution in [0, 0.1) is 5.82 Å². The Balaban J connectivity index is 1.60. The molecule has 2 N–H and O–H groups in total. The average molecular weight is 426 g/mol. The van der Waals surface area contributed by atoms with Crippen LogP contribution in [0.3, 0.4) is 0 Å². The summed E-state index contributed by atoms with van der Waals surface area (Å²) in [6, 6.07) is 12.4. The molecule has 2 aromatic rings. The molecule has 0 spiro atoms. The molecule has 2 aromatic carbocycles. The minimum Gasteiger partial charge on any atom is -0.326 e. The van der Waals surface area contributed by atoms with Crippen molar-refractivity contribution in [1.29, 1.82) is 0 Å². The van der Waals surface area contributed by atoms with Crippen LogP contribution in [0.5, 0.6) is 0 Å². The number of carbonyl (C=O) groups is 3. The third kappa shape index (κ3) is 5.60. The molecule has 0 aromatic heterocycles. The summed E-state index contributed by atoms with van der Waals surface area (Å²) >= 11 is 1.11. The first-order valence-corrected chi connectivity index (χ1v) is 9.96. The number of amidine groups is 1. The van der Waals surface area contributed by atoms with E-state index >= 15 is 0 Å². The standard InChI is InChI=1S/C21H19FN4O3S/c1-12(14-6-8-16(22)9-7-14)25-26-21-24-20(29)18(30-21)11-19(28)23-17-5-3-4-15(10-17)13(2)27/h3-10,18H,11H2,1-2H3,(H,23,28)(H,24,26,29)/b25-12-. The van der Waals surface area contributed by atoms with Crippen LogP contribution in [0.15, 0.2) is 58.7 Å². The molecule has 0 saturated carbocycles. The number of hydrogen-bond acceptors (Lipinski definition) is 6. The van der Waals surface area contributed by atoms with E-state index in [1.165, 1.54) is 19.1 Å². The lowest BCUT2D eigenvalue weighted by Gasteiger charge is -2.08. The average Bonchev–Trinajstić information content (AvgIpc) is 3.06. The van der Waals surface area contributed by atoms with Crippen LogP contribution in [-0.2, 0) is 9.59 Å². The first kappa shape index (κ1) is 21.4. The van der Waals surface area contributed by atoms with Gasteiger partial charge >= 0.3 is 0 Å². The summed E-state index contributed by atoms with van der Waals surface area (Å²) in [4.78, 5) is 35.9. The summed E-state index contributed by atoms with van der Waals surface area (Å²) < 4.78 is 13.0. The summed E-state index contributed by atoms with van der Waals surface area (Å²) in [6.45, 7) is 3.17. The van der Waals surface area contributed by atoms with Gasteiger partial charge in [-0.25, -0.2) is 4.39 Å². The van der Waals surface area contributed by atoms with Gasteiger partial charge in [-0.15, -0.1) is 5.10 Å². The lowest BCUT2D eigenvalue weighted by atomic mass is 10.1. The second-order valence-corrected chi connectivity index (χ2v) is 7.77. The smallest absolute Gasteiger partial charge is 0.240 e. The Morgan fingerprint density at radius 1 is 1.13 bits per heavy atom. The van der Waals surface area contributed by atoms with Gasteiger partial charge < -0.3 is 10.6 Å². The summed E-state index contributed by atoms with van der Waals surface area (Å²) in [5.41, 5.74) is 2.25. The van der Waals surface area contributed by atoms with Gasteiger partial charge in [0.25, 0.3) is 0 Å². The fraction of sp³-hybridized carbons (Fsp3) is 0.190. The van der Waals surface area contributed by atoms with Crippen molar-refractivity contribution in [3.8, 4) is 0 Å². The molecule has 154 valence electrons. The van der Waals surface area contributed by atoms with E-state index in [1.54, 1.807) is 43.3 Å². The SMILES string of the molecule is CC(=O)c1cccc(NC(=O)CC2S/C(=N/N=C(/C)c3ccc(F)cc3)NC2=O)c1. The lowest BCUT2D eigenvalue weighted by molar-refractivity contribution is -0.122. The maximum Gasteiger partial charge on any atom is 0.240 e. The van der Waals surface area contributed by atoms with E-state index in [9.17, 15) is 18.8 Å². The zero-order valence-electron chi connectivity index (χ0n) is 16.3. The van der Waals surface area contributed by atoms with Crippen LogP contribution in [0.25, 0.3) is 0 Å². The molecule has 1 heterocycles. The van der Waals surface area contributed by atoms with Crippen molar-refractivity contribution in [1.82, 2.24) is 5.32 Å². The van der Waals surface area contributed by atoms with Gasteiger partial charge in [0.05, 0.1) is 5.71 Å². The number of Topliss-reactive ketones (excluding diaryl/α,β-unsaturated/α-hetero) is 1. The molecule has 1 unspecified atom stereocenters. The number of halogens is 1. The van der Waals surface area contributed by atoms with E-state index in [1.807, 2.05) is 0 Å². The van der Waals surface area contributed by atoms with Crippen LogP contribution in [0.2, 0.25) is 0 Å². The molecule has 3 rings (SSSR count). The largest absolute Gasteiger partial charge is 0.326 e. The summed E-state index contributed by atoms with van der Waals surface area (Å²) in [5, 5.41) is 13.0. The Morgan fingerprint density at radius 2 is 1.87 bits per heavy atom. The molecule has 0 bridgehead atoms. The molecule has 30 heavy (non-hydrogen) atoms. The lowest BCUT2D eigenvalue weighted by Crippen LogP contribution is -2.28. The van der Waals surface area contributed by atoms with Crippen molar-refractivity contribution >= 4 is 45.9 Å². The normalized spacial score (nSPS) is 17.7. The molecule has 1 atom stereocenters. The topological polar surface area (TPSA) is 100.0 Å². The molecule has 2 amide bonds. The number of amides is 2. The fourth-order valence-corrected chi connectivity index (χ4v) is 3.57. The van der Waals surface area contributed by atoms with E-state index in [-0.39, 0.29) is 35.0 Å². The Labute approximate surface area is 176 Å². The van der Waals surface area contributed by atoms with Crippen molar-refractivity contribution in [3.05, 3.63) is 65.5 Å². The predicted molar refractivity (Wildman–Crippen MR) is 115 cm³/mol. The third-order valence-corrected chi connectivity index (χ3v) is 5.33. The molecular formula is C21H19FN4O3S. The van der Waals surface area contributed by atoms with Crippen LogP contribution in [-0.4, -0.2) is 33.7 Å². The van der Waals surface area contributed by atoms with E-state index < -0.39 is 5.25 Å². The van der Waals surface area contributed by atoms with E-state index in [4.69, 9.17) is 0 Å². The number of carbonyl (C=O) groups excluding carboxylic acids is 3. The van der Waals surface area contributed by atoms with Gasteiger partial charge in [0.15, 0.2) is 11.0 Å². The zero-order valence-corrected chi connectivity index (χ0v) is 17.1. The van der Waals surface area contributed by atoms with Gasteiger partial charge in [-0.05, 0) is 43.7 Å². The number of thioether (sulfide) groups is 1. The van der Waals surface area contributed by atoms with Gasteiger partial charge in [-0.3, -0.25) is 14.4 Å². The Bertz CT molecular complexity index is 1050. The molecule has 1 aliphatic rings. The predicted octanol–water partition coefficient (Wildman–Crippen LogP) is 3.37. The van der Waals surface area contributed by atoms with Gasteiger partial charge in [0, 0.05) is 17.7 Å². The van der Waals surface area contributed by atoms with Crippen molar-refractivity contribution in [2.75, 3.05) is 5.32 Å². The van der Waals surface area contributed by atoms with Crippen molar-refractivity contribution in [2.24, 2.45) is 10.2 Å². The van der Waals surface area contributed by atoms with E-state index in [0.29, 0.717) is 22.5 Å². The molecule has 1 aliphatic heterocycles. The van der Waals surface area contributed by atoms with Gasteiger partial charge in [0.1, 0.15) is 11.1 Å². The first-order valence-electron chi connectivity index (χ1n) is 9.08. The number of ketones is 1. The van der Waals surface area contributed by atoms with Crippen molar-refractivity contribution < 1.29 is 18.8 Å². The second kappa shape index (κ2) is 9.45. The van der Waals surface area contributed by atoms with Crippen LogP contribution in [0.4, 0.5) is 10.1 Å². The Kier molecular flexibility index (Phi) is 6.73. The number of nitrogens with one attached hydrogen (secondary N) is 2. The van der Waals surface area contributed by atoms with Crippen molar-refractivity contribution in [3.63, 3.8) is 0 Å². The molecule has 9 heteroatoms. The highest BCUT2D eigenvalue weighted by molar-refractivity contribution is 8.15. The third-order valence-electron chi connectivity index (χ3n) is 4.25.